The number of hydrogen-bond acceptors (Lipinski definition) is 4. The fourth-order valence-electron chi connectivity index (χ4n) is 9.06. The molecule has 5 rings (SSSR count). The first kappa shape index (κ1) is 25.4. The maximum absolute atomic E-state index is 12.8. The molecule has 34 heavy (non-hydrogen) atoms. The van der Waals surface area contributed by atoms with Gasteiger partial charge in [0.1, 0.15) is 5.78 Å². The van der Waals surface area contributed by atoms with Gasteiger partial charge in [-0.2, -0.15) is 0 Å². The first-order valence-electron chi connectivity index (χ1n) is 14.0. The highest BCUT2D eigenvalue weighted by Crippen LogP contribution is 2.72. The van der Waals surface area contributed by atoms with E-state index in [0.29, 0.717) is 36.1 Å². The van der Waals surface area contributed by atoms with Crippen LogP contribution in [0.5, 0.6) is 0 Å². The summed E-state index contributed by atoms with van der Waals surface area (Å²) in [4.78, 5) is 12.8. The van der Waals surface area contributed by atoms with Gasteiger partial charge < -0.3 is 13.9 Å². The van der Waals surface area contributed by atoms with E-state index in [9.17, 15) is 4.79 Å². The summed E-state index contributed by atoms with van der Waals surface area (Å²) in [6.07, 6.45) is 7.68. The van der Waals surface area contributed by atoms with E-state index in [1.54, 1.807) is 0 Å². The number of Topliss-reactive ketones (excluding diaryl/α,β-unsaturated/α-hetero) is 1. The molecule has 0 spiro atoms. The van der Waals surface area contributed by atoms with Crippen LogP contribution < -0.4 is 0 Å². The Kier molecular flexibility index (Phi) is 5.55. The lowest BCUT2D eigenvalue weighted by atomic mass is 9.39. The van der Waals surface area contributed by atoms with Crippen molar-refractivity contribution in [2.24, 2.45) is 34.0 Å². The lowest BCUT2D eigenvalue weighted by Gasteiger charge is -2.66. The molecule has 0 aromatic rings. The molecule has 1 aliphatic heterocycles. The Hall–Kier alpha value is -0.233. The highest BCUT2D eigenvalue weighted by atomic mass is 28.4. The van der Waals surface area contributed by atoms with Crippen LogP contribution >= 0.6 is 0 Å². The van der Waals surface area contributed by atoms with Crippen LogP contribution in [-0.4, -0.2) is 38.2 Å². The van der Waals surface area contributed by atoms with Crippen molar-refractivity contribution in [3.63, 3.8) is 0 Å². The molecule has 0 N–H and O–H groups in total. The maximum Gasteiger partial charge on any atom is 0.192 e. The minimum atomic E-state index is -1.84. The SMILES string of the molecule is CC1(C)O[C@@H]2C3C4CC[C@H](O[Si](C)(C)C(C)(C)C)[C@@]4(C)CCC3[C@@]3(C)CCC(=O)CC3(C)[C@H]2O1. The number of hydrogen-bond donors (Lipinski definition) is 0. The van der Waals surface area contributed by atoms with Crippen LogP contribution in [0, 0.1) is 34.0 Å². The van der Waals surface area contributed by atoms with Gasteiger partial charge in [-0.1, -0.05) is 41.5 Å². The molecule has 4 saturated carbocycles. The van der Waals surface area contributed by atoms with E-state index >= 15 is 0 Å². The molecule has 1 saturated heterocycles. The molecule has 0 aromatic heterocycles. The lowest BCUT2D eigenvalue weighted by molar-refractivity contribution is -0.220. The van der Waals surface area contributed by atoms with Crippen molar-refractivity contribution >= 4 is 14.1 Å². The minimum absolute atomic E-state index is 0.000657. The highest BCUT2D eigenvalue weighted by molar-refractivity contribution is 6.74. The standard InChI is InChI=1S/C29H50O4Si/c1-25(2,3)34(9,10)33-21-12-11-19-22-20(14-15-27(19,21)6)28(7)16-13-18(30)17-29(28,8)24-23(22)31-26(4,5)32-24/h19-24H,11-17H2,1-10H3/t19?,20?,21-,22?,23+,24-,27-,28+,29?/m0/s1. The van der Waals surface area contributed by atoms with Crippen molar-refractivity contribution < 1.29 is 18.7 Å². The Morgan fingerprint density at radius 3 is 2.24 bits per heavy atom. The summed E-state index contributed by atoms with van der Waals surface area (Å²) in [5.41, 5.74) is 0.174. The largest absolute Gasteiger partial charge is 0.413 e. The zero-order valence-corrected chi connectivity index (χ0v) is 24.5. The Bertz CT molecular complexity index is 861. The summed E-state index contributed by atoms with van der Waals surface area (Å²) in [5, 5.41) is 0.227. The van der Waals surface area contributed by atoms with Crippen LogP contribution in [0.2, 0.25) is 18.1 Å². The van der Waals surface area contributed by atoms with Crippen molar-refractivity contribution in [1.82, 2.24) is 0 Å². The Balaban J connectivity index is 1.53. The summed E-state index contributed by atoms with van der Waals surface area (Å²) in [6, 6.07) is 0. The van der Waals surface area contributed by atoms with Gasteiger partial charge in [-0.3, -0.25) is 4.79 Å². The Labute approximate surface area is 209 Å². The number of ether oxygens (including phenoxy) is 2. The van der Waals surface area contributed by atoms with Crippen LogP contribution in [0.1, 0.15) is 100 Å². The molecule has 5 fully saturated rings. The van der Waals surface area contributed by atoms with E-state index in [4.69, 9.17) is 13.9 Å². The molecule has 0 aromatic carbocycles. The quantitative estimate of drug-likeness (QED) is 0.387. The number of ketones is 1. The second-order valence-electron chi connectivity index (χ2n) is 15.4. The van der Waals surface area contributed by atoms with Gasteiger partial charge >= 0.3 is 0 Å². The van der Waals surface area contributed by atoms with E-state index in [1.807, 2.05) is 0 Å². The van der Waals surface area contributed by atoms with Crippen LogP contribution in [0.25, 0.3) is 0 Å². The Morgan fingerprint density at radius 2 is 1.59 bits per heavy atom. The second-order valence-corrected chi connectivity index (χ2v) is 20.1. The van der Waals surface area contributed by atoms with Gasteiger partial charge in [0.25, 0.3) is 0 Å². The summed E-state index contributed by atoms with van der Waals surface area (Å²) in [6.45, 7) is 23.4. The van der Waals surface area contributed by atoms with Gasteiger partial charge in [0.05, 0.1) is 18.3 Å². The Morgan fingerprint density at radius 1 is 0.912 bits per heavy atom. The zero-order valence-electron chi connectivity index (χ0n) is 23.5. The predicted octanol–water partition coefficient (Wildman–Crippen LogP) is 7.12. The molecule has 0 bridgehead atoms. The van der Waals surface area contributed by atoms with Crippen molar-refractivity contribution in [1.29, 1.82) is 0 Å². The molecular weight excluding hydrogens is 440 g/mol. The van der Waals surface area contributed by atoms with Gasteiger partial charge in [-0.05, 0) is 92.7 Å². The monoisotopic (exact) mass is 490 g/mol. The van der Waals surface area contributed by atoms with Gasteiger partial charge in [-0.15, -0.1) is 0 Å². The maximum atomic E-state index is 12.8. The fraction of sp³-hybridized carbons (Fsp3) is 0.966. The molecule has 1 heterocycles. The third-order valence-electron chi connectivity index (χ3n) is 12.2. The lowest BCUT2D eigenvalue weighted by Crippen LogP contribution is -2.68. The van der Waals surface area contributed by atoms with Gasteiger partial charge in [0, 0.05) is 18.3 Å². The van der Waals surface area contributed by atoms with Crippen molar-refractivity contribution in [3.8, 4) is 0 Å². The van der Waals surface area contributed by atoms with Crippen LogP contribution in [0.15, 0.2) is 0 Å². The summed E-state index contributed by atoms with van der Waals surface area (Å²) in [7, 11) is -1.84. The fourth-order valence-corrected chi connectivity index (χ4v) is 10.5. The van der Waals surface area contributed by atoms with Gasteiger partial charge in [0.15, 0.2) is 14.1 Å². The molecule has 4 aliphatic carbocycles. The van der Waals surface area contributed by atoms with E-state index in [0.717, 1.165) is 12.8 Å². The number of fused-ring (bicyclic) bond motifs is 8. The van der Waals surface area contributed by atoms with Gasteiger partial charge in [0.2, 0.25) is 0 Å². The van der Waals surface area contributed by atoms with Crippen molar-refractivity contribution in [3.05, 3.63) is 0 Å². The number of carbonyl (C=O) groups excluding carboxylic acids is 1. The first-order valence-corrected chi connectivity index (χ1v) is 16.9. The third kappa shape index (κ3) is 3.35. The number of rotatable bonds is 2. The average Bonchev–Trinajstić information content (AvgIpc) is 3.19. The minimum Gasteiger partial charge on any atom is -0.413 e. The molecule has 9 atom stereocenters. The summed E-state index contributed by atoms with van der Waals surface area (Å²) in [5.74, 6) is 1.51. The smallest absolute Gasteiger partial charge is 0.192 e. The topological polar surface area (TPSA) is 44.8 Å². The van der Waals surface area contributed by atoms with Crippen molar-refractivity contribution in [2.45, 2.75) is 143 Å². The average molecular weight is 491 g/mol. The molecule has 4 unspecified atom stereocenters. The van der Waals surface area contributed by atoms with E-state index in [2.05, 4.69) is 68.5 Å². The summed E-state index contributed by atoms with van der Waals surface area (Å²) >= 11 is 0. The molecule has 5 heteroatoms. The van der Waals surface area contributed by atoms with Crippen molar-refractivity contribution in [2.75, 3.05) is 0 Å². The molecule has 194 valence electrons. The van der Waals surface area contributed by atoms with Crippen LogP contribution in [0.4, 0.5) is 0 Å². The second kappa shape index (κ2) is 7.42. The van der Waals surface area contributed by atoms with E-state index in [-0.39, 0.29) is 33.5 Å². The van der Waals surface area contributed by atoms with E-state index < -0.39 is 14.1 Å². The molecule has 0 amide bonds. The predicted molar refractivity (Wildman–Crippen MR) is 138 cm³/mol. The number of carbonyl (C=O) groups is 1. The normalized spacial score (nSPS) is 50.4. The first-order chi connectivity index (χ1) is 15.5. The zero-order chi connectivity index (χ0) is 25.1. The molecular formula is C29H50O4Si. The van der Waals surface area contributed by atoms with E-state index in [1.165, 1.54) is 25.7 Å². The molecule has 4 nitrogen and oxygen atoms in total. The van der Waals surface area contributed by atoms with Gasteiger partial charge in [-0.25, -0.2) is 0 Å². The summed E-state index contributed by atoms with van der Waals surface area (Å²) < 4.78 is 20.7. The van der Waals surface area contributed by atoms with Crippen LogP contribution in [0.3, 0.4) is 0 Å². The molecule has 0 radical (unpaired) electrons. The third-order valence-corrected chi connectivity index (χ3v) is 16.7. The molecule has 5 aliphatic rings. The highest BCUT2D eigenvalue weighted by Gasteiger charge is 2.72. The van der Waals surface area contributed by atoms with Crippen LogP contribution in [-0.2, 0) is 18.7 Å².